The number of hydrogen-bond acceptors (Lipinski definition) is 2. The molecule has 0 unspecified atom stereocenters. The van der Waals surface area contributed by atoms with E-state index in [1.54, 1.807) is 0 Å². The molecule has 3 rings (SSSR count). The molecule has 0 saturated heterocycles. The number of rotatable bonds is 3. The fourth-order valence-electron chi connectivity index (χ4n) is 1.88. The summed E-state index contributed by atoms with van der Waals surface area (Å²) in [4.78, 5) is 4.31. The highest BCUT2D eigenvalue weighted by Gasteiger charge is 2.23. The van der Waals surface area contributed by atoms with Crippen LogP contribution in [0.25, 0.3) is 11.1 Å². The van der Waals surface area contributed by atoms with E-state index >= 15 is 0 Å². The maximum Gasteiger partial charge on any atom is 0.119 e. The van der Waals surface area contributed by atoms with Crippen molar-refractivity contribution in [3.8, 4) is 16.9 Å². The first-order valence-corrected chi connectivity index (χ1v) is 6.01. The topological polar surface area (TPSA) is 22.1 Å². The van der Waals surface area contributed by atoms with Gasteiger partial charge in [0.05, 0.1) is 6.10 Å². The Bertz CT molecular complexity index is 515. The van der Waals surface area contributed by atoms with Crippen LogP contribution in [-0.2, 0) is 0 Å². The smallest absolute Gasteiger partial charge is 0.119 e. The average molecular weight is 225 g/mol. The largest absolute Gasteiger partial charge is 0.490 e. The quantitative estimate of drug-likeness (QED) is 0.796. The van der Waals surface area contributed by atoms with Crippen LogP contribution in [0.1, 0.15) is 18.5 Å². The fraction of sp³-hybridized carbons (Fsp3) is 0.267. The molecule has 2 aromatic rings. The molecule has 0 spiro atoms. The van der Waals surface area contributed by atoms with E-state index in [-0.39, 0.29) is 0 Å². The number of hydrogen-bond donors (Lipinski definition) is 0. The van der Waals surface area contributed by atoms with E-state index < -0.39 is 0 Å². The number of benzene rings is 1. The van der Waals surface area contributed by atoms with E-state index in [0.29, 0.717) is 6.10 Å². The zero-order valence-electron chi connectivity index (χ0n) is 9.89. The van der Waals surface area contributed by atoms with Gasteiger partial charge in [0.25, 0.3) is 0 Å². The molecule has 17 heavy (non-hydrogen) atoms. The SMILES string of the molecule is Cc1ncccc1-c1ccc(OC2CC2)cc1. The summed E-state index contributed by atoms with van der Waals surface area (Å²) in [6, 6.07) is 12.3. The molecule has 86 valence electrons. The molecule has 1 aliphatic carbocycles. The van der Waals surface area contributed by atoms with Gasteiger partial charge < -0.3 is 4.74 Å². The van der Waals surface area contributed by atoms with Crippen LogP contribution in [-0.4, -0.2) is 11.1 Å². The van der Waals surface area contributed by atoms with E-state index in [0.717, 1.165) is 11.4 Å². The Morgan fingerprint density at radius 1 is 1.12 bits per heavy atom. The Hall–Kier alpha value is -1.83. The summed E-state index contributed by atoms with van der Waals surface area (Å²) in [5.74, 6) is 0.970. The van der Waals surface area contributed by atoms with Crippen LogP contribution >= 0.6 is 0 Å². The summed E-state index contributed by atoms with van der Waals surface area (Å²) >= 11 is 0. The van der Waals surface area contributed by atoms with Crippen LogP contribution in [0.4, 0.5) is 0 Å². The lowest BCUT2D eigenvalue weighted by Crippen LogP contribution is -1.95. The fourth-order valence-corrected chi connectivity index (χ4v) is 1.88. The van der Waals surface area contributed by atoms with E-state index in [9.17, 15) is 0 Å². The van der Waals surface area contributed by atoms with Crippen LogP contribution in [0, 0.1) is 6.92 Å². The highest BCUT2D eigenvalue weighted by Crippen LogP contribution is 2.29. The van der Waals surface area contributed by atoms with Crippen molar-refractivity contribution >= 4 is 0 Å². The van der Waals surface area contributed by atoms with Gasteiger partial charge >= 0.3 is 0 Å². The lowest BCUT2D eigenvalue weighted by atomic mass is 10.0. The maximum atomic E-state index is 5.73. The minimum Gasteiger partial charge on any atom is -0.490 e. The summed E-state index contributed by atoms with van der Waals surface area (Å²) in [6.45, 7) is 2.03. The summed E-state index contributed by atoms with van der Waals surface area (Å²) in [6.07, 6.45) is 4.68. The van der Waals surface area contributed by atoms with Crippen LogP contribution in [0.15, 0.2) is 42.6 Å². The van der Waals surface area contributed by atoms with Crippen molar-refractivity contribution < 1.29 is 4.74 Å². The van der Waals surface area contributed by atoms with Crippen molar-refractivity contribution in [1.82, 2.24) is 4.98 Å². The first-order chi connectivity index (χ1) is 8.33. The summed E-state index contributed by atoms with van der Waals surface area (Å²) < 4.78 is 5.73. The van der Waals surface area contributed by atoms with Crippen LogP contribution in [0.2, 0.25) is 0 Å². The molecule has 0 bridgehead atoms. The molecule has 0 atom stereocenters. The number of aromatic nitrogens is 1. The Kier molecular flexibility index (Phi) is 2.56. The second kappa shape index (κ2) is 4.21. The Labute approximate surface area is 101 Å². The third-order valence-corrected chi connectivity index (χ3v) is 3.00. The van der Waals surface area contributed by atoms with E-state index in [1.165, 1.54) is 24.0 Å². The predicted molar refractivity (Wildman–Crippen MR) is 68.1 cm³/mol. The van der Waals surface area contributed by atoms with Crippen LogP contribution in [0.5, 0.6) is 5.75 Å². The number of ether oxygens (including phenoxy) is 1. The molecule has 1 aromatic heterocycles. The molecule has 1 fully saturated rings. The van der Waals surface area contributed by atoms with E-state index in [2.05, 4.69) is 23.2 Å². The van der Waals surface area contributed by atoms with Crippen molar-refractivity contribution in [3.63, 3.8) is 0 Å². The normalized spacial score (nSPS) is 14.6. The number of pyridine rings is 1. The van der Waals surface area contributed by atoms with Gasteiger partial charge in [-0.15, -0.1) is 0 Å². The third kappa shape index (κ3) is 2.31. The average Bonchev–Trinajstić information content (AvgIpc) is 3.15. The van der Waals surface area contributed by atoms with Gasteiger partial charge in [-0.1, -0.05) is 18.2 Å². The van der Waals surface area contributed by atoms with Gasteiger partial charge in [0, 0.05) is 17.5 Å². The van der Waals surface area contributed by atoms with Gasteiger partial charge in [0.2, 0.25) is 0 Å². The molecule has 1 aliphatic rings. The van der Waals surface area contributed by atoms with Gasteiger partial charge in [-0.2, -0.15) is 0 Å². The summed E-state index contributed by atoms with van der Waals surface area (Å²) in [5.41, 5.74) is 3.44. The molecular weight excluding hydrogens is 210 g/mol. The second-order valence-electron chi connectivity index (χ2n) is 4.48. The first kappa shape index (κ1) is 10.3. The molecule has 1 saturated carbocycles. The number of aryl methyl sites for hydroxylation is 1. The highest BCUT2D eigenvalue weighted by atomic mass is 16.5. The predicted octanol–water partition coefficient (Wildman–Crippen LogP) is 3.60. The highest BCUT2D eigenvalue weighted by molar-refractivity contribution is 5.66. The minimum absolute atomic E-state index is 0.459. The molecule has 1 heterocycles. The summed E-state index contributed by atoms with van der Waals surface area (Å²) in [7, 11) is 0. The lowest BCUT2D eigenvalue weighted by molar-refractivity contribution is 0.303. The Morgan fingerprint density at radius 3 is 2.53 bits per heavy atom. The van der Waals surface area contributed by atoms with Crippen molar-refractivity contribution in [3.05, 3.63) is 48.3 Å². The Morgan fingerprint density at radius 2 is 1.88 bits per heavy atom. The van der Waals surface area contributed by atoms with E-state index in [1.807, 2.05) is 31.3 Å². The van der Waals surface area contributed by atoms with Crippen molar-refractivity contribution in [2.45, 2.75) is 25.9 Å². The van der Waals surface area contributed by atoms with Gasteiger partial charge in [0.15, 0.2) is 0 Å². The molecule has 2 heteroatoms. The zero-order chi connectivity index (χ0) is 11.7. The minimum atomic E-state index is 0.459. The van der Waals surface area contributed by atoms with Gasteiger partial charge in [0.1, 0.15) is 5.75 Å². The Balaban J connectivity index is 1.86. The second-order valence-corrected chi connectivity index (χ2v) is 4.48. The molecule has 0 N–H and O–H groups in total. The zero-order valence-corrected chi connectivity index (χ0v) is 9.89. The molecule has 1 aromatic carbocycles. The molecule has 2 nitrogen and oxygen atoms in total. The summed E-state index contributed by atoms with van der Waals surface area (Å²) in [5, 5.41) is 0. The molecular formula is C15H15NO. The van der Waals surface area contributed by atoms with E-state index in [4.69, 9.17) is 4.74 Å². The first-order valence-electron chi connectivity index (χ1n) is 6.01. The molecule has 0 amide bonds. The van der Waals surface area contributed by atoms with Crippen molar-refractivity contribution in [2.75, 3.05) is 0 Å². The van der Waals surface area contributed by atoms with Gasteiger partial charge in [-0.3, -0.25) is 4.98 Å². The van der Waals surface area contributed by atoms with Crippen molar-refractivity contribution in [1.29, 1.82) is 0 Å². The van der Waals surface area contributed by atoms with Gasteiger partial charge in [-0.05, 0) is 43.5 Å². The standard InChI is InChI=1S/C15H15NO/c1-11-15(3-2-10-16-11)12-4-6-13(7-5-12)17-14-8-9-14/h2-7,10,14H,8-9H2,1H3. The molecule has 0 aliphatic heterocycles. The van der Waals surface area contributed by atoms with Crippen LogP contribution in [0.3, 0.4) is 0 Å². The molecule has 0 radical (unpaired) electrons. The van der Waals surface area contributed by atoms with Crippen LogP contribution < -0.4 is 4.74 Å². The third-order valence-electron chi connectivity index (χ3n) is 3.00. The van der Waals surface area contributed by atoms with Crippen molar-refractivity contribution in [2.24, 2.45) is 0 Å². The monoisotopic (exact) mass is 225 g/mol. The van der Waals surface area contributed by atoms with Gasteiger partial charge in [-0.25, -0.2) is 0 Å². The number of nitrogens with zero attached hydrogens (tertiary/aromatic N) is 1. The maximum absolute atomic E-state index is 5.73. The lowest BCUT2D eigenvalue weighted by Gasteiger charge is -2.07.